The minimum Gasteiger partial charge on any atom is -0.321 e. The van der Waals surface area contributed by atoms with Crippen LogP contribution in [0.4, 0.5) is 10.1 Å². The average molecular weight is 363 g/mol. The molecule has 0 heterocycles. The Labute approximate surface area is 127 Å². The van der Waals surface area contributed by atoms with Gasteiger partial charge in [0.25, 0.3) is 5.91 Å². The smallest absolute Gasteiger partial charge is 0.255 e. The predicted octanol–water partition coefficient (Wildman–Crippen LogP) is 5.15. The third-order valence-corrected chi connectivity index (χ3v) is 3.49. The molecule has 1 N–H and O–H groups in total. The van der Waals surface area contributed by atoms with E-state index in [9.17, 15) is 9.18 Å². The summed E-state index contributed by atoms with van der Waals surface area (Å²) in [7, 11) is 0. The first-order chi connectivity index (χ1) is 8.97. The molecule has 6 heteroatoms. The Morgan fingerprint density at radius 1 is 1.11 bits per heavy atom. The second-order valence-electron chi connectivity index (χ2n) is 3.71. The summed E-state index contributed by atoms with van der Waals surface area (Å²) in [4.78, 5) is 11.9. The zero-order valence-corrected chi connectivity index (χ0v) is 12.5. The van der Waals surface area contributed by atoms with Gasteiger partial charge >= 0.3 is 0 Å². The molecule has 2 nitrogen and oxygen atoms in total. The summed E-state index contributed by atoms with van der Waals surface area (Å²) in [5.41, 5.74) is 0.606. The highest BCUT2D eigenvalue weighted by molar-refractivity contribution is 9.10. The van der Waals surface area contributed by atoms with E-state index >= 15 is 0 Å². The summed E-state index contributed by atoms with van der Waals surface area (Å²) in [6.07, 6.45) is 0. The van der Waals surface area contributed by atoms with E-state index in [1.165, 1.54) is 12.1 Å². The van der Waals surface area contributed by atoms with Crippen LogP contribution in [0.5, 0.6) is 0 Å². The summed E-state index contributed by atoms with van der Waals surface area (Å²) in [6, 6.07) is 8.89. The topological polar surface area (TPSA) is 29.1 Å². The van der Waals surface area contributed by atoms with Gasteiger partial charge in [0.05, 0.1) is 15.7 Å². The SMILES string of the molecule is O=C(Nc1cc(Br)ccc1Cl)c1ccc(Cl)c(F)c1. The van der Waals surface area contributed by atoms with E-state index in [1.54, 1.807) is 18.2 Å². The number of amides is 1. The van der Waals surface area contributed by atoms with Gasteiger partial charge in [-0.05, 0) is 36.4 Å². The minimum absolute atomic E-state index is 0.0305. The van der Waals surface area contributed by atoms with Crippen LogP contribution in [0.25, 0.3) is 0 Å². The Morgan fingerprint density at radius 3 is 2.47 bits per heavy atom. The number of anilines is 1. The molecule has 0 saturated heterocycles. The van der Waals surface area contributed by atoms with E-state index in [0.29, 0.717) is 10.7 Å². The molecule has 0 atom stereocenters. The Balaban J connectivity index is 2.25. The van der Waals surface area contributed by atoms with Crippen LogP contribution >= 0.6 is 39.1 Å². The molecular formula is C13H7BrCl2FNO. The lowest BCUT2D eigenvalue weighted by Crippen LogP contribution is -2.12. The fourth-order valence-corrected chi connectivity index (χ4v) is 2.07. The Bertz CT molecular complexity index is 649. The molecule has 98 valence electrons. The molecule has 0 saturated carbocycles. The van der Waals surface area contributed by atoms with E-state index in [0.717, 1.165) is 10.5 Å². The van der Waals surface area contributed by atoms with Crippen molar-refractivity contribution in [3.63, 3.8) is 0 Å². The van der Waals surface area contributed by atoms with E-state index in [2.05, 4.69) is 21.2 Å². The molecule has 0 aliphatic heterocycles. The fraction of sp³-hybridized carbons (Fsp3) is 0. The second kappa shape index (κ2) is 5.90. The molecule has 0 radical (unpaired) electrons. The molecule has 0 aliphatic carbocycles. The Kier molecular flexibility index (Phi) is 4.45. The first-order valence-electron chi connectivity index (χ1n) is 5.19. The monoisotopic (exact) mass is 361 g/mol. The third kappa shape index (κ3) is 3.47. The molecular weight excluding hydrogens is 356 g/mol. The van der Waals surface area contributed by atoms with Gasteiger partial charge in [0, 0.05) is 10.0 Å². The van der Waals surface area contributed by atoms with Crippen molar-refractivity contribution in [3.8, 4) is 0 Å². The van der Waals surface area contributed by atoms with Crippen LogP contribution in [0.2, 0.25) is 10.0 Å². The molecule has 2 rings (SSSR count). The van der Waals surface area contributed by atoms with Crippen molar-refractivity contribution in [1.82, 2.24) is 0 Å². The fourth-order valence-electron chi connectivity index (χ4n) is 1.43. The number of hydrogen-bond acceptors (Lipinski definition) is 1. The van der Waals surface area contributed by atoms with Crippen LogP contribution < -0.4 is 5.32 Å². The zero-order chi connectivity index (χ0) is 14.0. The number of halogens is 4. The summed E-state index contributed by atoms with van der Waals surface area (Å²) in [5, 5.41) is 2.97. The van der Waals surface area contributed by atoms with Crippen LogP contribution in [-0.4, -0.2) is 5.91 Å². The van der Waals surface area contributed by atoms with Crippen molar-refractivity contribution < 1.29 is 9.18 Å². The van der Waals surface area contributed by atoms with Crippen molar-refractivity contribution in [3.05, 3.63) is 62.3 Å². The average Bonchev–Trinajstić information content (AvgIpc) is 2.37. The first-order valence-corrected chi connectivity index (χ1v) is 6.74. The maximum Gasteiger partial charge on any atom is 0.255 e. The molecule has 0 aromatic heterocycles. The van der Waals surface area contributed by atoms with Crippen LogP contribution in [0, 0.1) is 5.82 Å². The Hall–Kier alpha value is -1.10. The molecule has 0 spiro atoms. The third-order valence-electron chi connectivity index (χ3n) is 2.36. The minimum atomic E-state index is -0.644. The highest BCUT2D eigenvalue weighted by Crippen LogP contribution is 2.26. The van der Waals surface area contributed by atoms with Crippen molar-refractivity contribution in [1.29, 1.82) is 0 Å². The molecule has 0 bridgehead atoms. The molecule has 19 heavy (non-hydrogen) atoms. The van der Waals surface area contributed by atoms with Crippen LogP contribution in [0.1, 0.15) is 10.4 Å². The normalized spacial score (nSPS) is 10.3. The van der Waals surface area contributed by atoms with Crippen molar-refractivity contribution in [2.75, 3.05) is 5.32 Å². The molecule has 2 aromatic rings. The highest BCUT2D eigenvalue weighted by Gasteiger charge is 2.11. The second-order valence-corrected chi connectivity index (χ2v) is 5.44. The molecule has 2 aromatic carbocycles. The summed E-state index contributed by atoms with van der Waals surface area (Å²) in [5.74, 6) is -1.11. The van der Waals surface area contributed by atoms with Gasteiger partial charge in [-0.15, -0.1) is 0 Å². The number of rotatable bonds is 2. The van der Waals surface area contributed by atoms with Crippen LogP contribution in [0.15, 0.2) is 40.9 Å². The first kappa shape index (κ1) is 14.3. The van der Waals surface area contributed by atoms with E-state index < -0.39 is 11.7 Å². The van der Waals surface area contributed by atoms with Gasteiger partial charge in [0.15, 0.2) is 0 Å². The van der Waals surface area contributed by atoms with Crippen LogP contribution in [-0.2, 0) is 0 Å². The van der Waals surface area contributed by atoms with Gasteiger partial charge in [0.2, 0.25) is 0 Å². The van der Waals surface area contributed by atoms with Gasteiger partial charge in [-0.3, -0.25) is 4.79 Å². The van der Waals surface area contributed by atoms with E-state index in [-0.39, 0.29) is 10.6 Å². The van der Waals surface area contributed by atoms with Crippen molar-refractivity contribution >= 4 is 50.7 Å². The maximum atomic E-state index is 13.3. The Morgan fingerprint density at radius 2 is 1.79 bits per heavy atom. The van der Waals surface area contributed by atoms with Gasteiger partial charge < -0.3 is 5.32 Å². The highest BCUT2D eigenvalue weighted by atomic mass is 79.9. The van der Waals surface area contributed by atoms with Crippen molar-refractivity contribution in [2.24, 2.45) is 0 Å². The quantitative estimate of drug-likeness (QED) is 0.786. The standard InChI is InChI=1S/C13H7BrCl2FNO/c14-8-2-4-10(16)12(6-8)18-13(19)7-1-3-9(15)11(17)5-7/h1-6H,(H,18,19). The summed E-state index contributed by atoms with van der Waals surface area (Å²) < 4.78 is 14.0. The maximum absolute atomic E-state index is 13.3. The lowest BCUT2D eigenvalue weighted by molar-refractivity contribution is 0.102. The number of nitrogens with one attached hydrogen (secondary N) is 1. The predicted molar refractivity (Wildman–Crippen MR) is 78.5 cm³/mol. The number of carbonyl (C=O) groups is 1. The largest absolute Gasteiger partial charge is 0.321 e. The summed E-state index contributed by atoms with van der Waals surface area (Å²) >= 11 is 14.8. The number of hydrogen-bond donors (Lipinski definition) is 1. The molecule has 1 amide bonds. The summed E-state index contributed by atoms with van der Waals surface area (Å²) in [6.45, 7) is 0. The van der Waals surface area contributed by atoms with Gasteiger partial charge in [-0.2, -0.15) is 0 Å². The zero-order valence-electron chi connectivity index (χ0n) is 9.38. The van der Waals surface area contributed by atoms with E-state index in [1.807, 2.05) is 0 Å². The number of benzene rings is 2. The lowest BCUT2D eigenvalue weighted by atomic mass is 10.2. The van der Waals surface area contributed by atoms with Crippen LogP contribution in [0.3, 0.4) is 0 Å². The lowest BCUT2D eigenvalue weighted by Gasteiger charge is -2.08. The molecule has 0 fully saturated rings. The number of carbonyl (C=O) groups excluding carboxylic acids is 1. The van der Waals surface area contributed by atoms with Crippen molar-refractivity contribution in [2.45, 2.75) is 0 Å². The van der Waals surface area contributed by atoms with E-state index in [4.69, 9.17) is 23.2 Å². The van der Waals surface area contributed by atoms with Gasteiger partial charge in [0.1, 0.15) is 5.82 Å². The molecule has 0 unspecified atom stereocenters. The van der Waals surface area contributed by atoms with Gasteiger partial charge in [-0.25, -0.2) is 4.39 Å². The molecule has 0 aliphatic rings. The van der Waals surface area contributed by atoms with Gasteiger partial charge in [-0.1, -0.05) is 39.1 Å².